The Hall–Kier alpha value is -3.00. The number of nitrogens with one attached hydrogen (secondary N) is 3. The zero-order valence-electron chi connectivity index (χ0n) is 17.8. The SMILES string of the molecule is CCNC(=O)COc1cccc(CN=C(NCC)NCCCOCc2ccco2)c1. The van der Waals surface area contributed by atoms with Gasteiger partial charge in [0.25, 0.3) is 5.91 Å². The van der Waals surface area contributed by atoms with Crippen molar-refractivity contribution >= 4 is 11.9 Å². The maximum atomic E-state index is 11.5. The standard InChI is InChI=1S/C22H32N4O4/c1-3-23-21(27)17-30-19-9-5-8-18(14-19)15-26-22(24-4-2)25-11-7-12-28-16-20-10-6-13-29-20/h5-6,8-10,13-14H,3-4,7,11-12,15-17H2,1-2H3,(H,23,27)(H2,24,25,26). The lowest BCUT2D eigenvalue weighted by molar-refractivity contribution is -0.122. The van der Waals surface area contributed by atoms with E-state index >= 15 is 0 Å². The Balaban J connectivity index is 1.73. The molecule has 0 atom stereocenters. The van der Waals surface area contributed by atoms with Gasteiger partial charge >= 0.3 is 0 Å². The molecule has 30 heavy (non-hydrogen) atoms. The van der Waals surface area contributed by atoms with Crippen LogP contribution in [0.4, 0.5) is 0 Å². The van der Waals surface area contributed by atoms with Gasteiger partial charge in [0, 0.05) is 26.2 Å². The van der Waals surface area contributed by atoms with Crippen molar-refractivity contribution in [2.45, 2.75) is 33.4 Å². The third-order valence-electron chi connectivity index (χ3n) is 3.99. The number of furan rings is 1. The Bertz CT molecular complexity index is 762. The Kier molecular flexibility index (Phi) is 10.9. The summed E-state index contributed by atoms with van der Waals surface area (Å²) >= 11 is 0. The number of hydrogen-bond donors (Lipinski definition) is 3. The second kappa shape index (κ2) is 14.1. The van der Waals surface area contributed by atoms with Crippen LogP contribution in [-0.4, -0.2) is 44.7 Å². The predicted molar refractivity (Wildman–Crippen MR) is 116 cm³/mol. The molecule has 0 bridgehead atoms. The van der Waals surface area contributed by atoms with Gasteiger partial charge in [0.1, 0.15) is 18.1 Å². The summed E-state index contributed by atoms with van der Waals surface area (Å²) in [4.78, 5) is 16.1. The lowest BCUT2D eigenvalue weighted by Crippen LogP contribution is -2.38. The molecule has 8 heteroatoms. The summed E-state index contributed by atoms with van der Waals surface area (Å²) < 4.78 is 16.3. The number of benzene rings is 1. The van der Waals surface area contributed by atoms with E-state index in [1.54, 1.807) is 6.26 Å². The molecule has 0 unspecified atom stereocenters. The van der Waals surface area contributed by atoms with E-state index in [1.807, 2.05) is 50.2 Å². The molecule has 8 nitrogen and oxygen atoms in total. The first kappa shape index (κ1) is 23.3. The van der Waals surface area contributed by atoms with Crippen LogP contribution in [0.5, 0.6) is 5.75 Å². The Morgan fingerprint density at radius 2 is 1.97 bits per heavy atom. The number of ether oxygens (including phenoxy) is 2. The van der Waals surface area contributed by atoms with Crippen LogP contribution in [0, 0.1) is 0 Å². The van der Waals surface area contributed by atoms with E-state index < -0.39 is 0 Å². The number of aliphatic imine (C=N–C) groups is 1. The molecule has 1 amide bonds. The molecule has 0 aliphatic heterocycles. The van der Waals surface area contributed by atoms with Gasteiger partial charge in [-0.3, -0.25) is 4.79 Å². The molecule has 0 radical (unpaired) electrons. The number of carbonyl (C=O) groups excluding carboxylic acids is 1. The van der Waals surface area contributed by atoms with Crippen LogP contribution >= 0.6 is 0 Å². The first-order chi connectivity index (χ1) is 14.7. The van der Waals surface area contributed by atoms with E-state index in [2.05, 4.69) is 20.9 Å². The molecule has 0 aliphatic rings. The van der Waals surface area contributed by atoms with E-state index in [4.69, 9.17) is 13.9 Å². The summed E-state index contributed by atoms with van der Waals surface area (Å²) in [7, 11) is 0. The van der Waals surface area contributed by atoms with E-state index in [1.165, 1.54) is 0 Å². The number of carbonyl (C=O) groups is 1. The van der Waals surface area contributed by atoms with Crippen LogP contribution in [0.2, 0.25) is 0 Å². The van der Waals surface area contributed by atoms with Gasteiger partial charge in [-0.15, -0.1) is 0 Å². The normalized spacial score (nSPS) is 11.2. The van der Waals surface area contributed by atoms with Crippen LogP contribution in [0.25, 0.3) is 0 Å². The monoisotopic (exact) mass is 416 g/mol. The predicted octanol–water partition coefficient (Wildman–Crippen LogP) is 2.46. The quantitative estimate of drug-likeness (QED) is 0.264. The summed E-state index contributed by atoms with van der Waals surface area (Å²) in [5, 5.41) is 9.25. The molecule has 3 N–H and O–H groups in total. The van der Waals surface area contributed by atoms with Gasteiger partial charge in [-0.25, -0.2) is 4.99 Å². The first-order valence-electron chi connectivity index (χ1n) is 10.3. The zero-order valence-corrected chi connectivity index (χ0v) is 17.8. The average Bonchev–Trinajstić information content (AvgIpc) is 3.27. The Morgan fingerprint density at radius 3 is 2.73 bits per heavy atom. The molecule has 1 heterocycles. The third-order valence-corrected chi connectivity index (χ3v) is 3.99. The van der Waals surface area contributed by atoms with Crippen LogP contribution in [0.1, 0.15) is 31.6 Å². The molecular weight excluding hydrogens is 384 g/mol. The molecule has 2 aromatic rings. The van der Waals surface area contributed by atoms with Crippen molar-refractivity contribution in [1.29, 1.82) is 0 Å². The molecule has 2 rings (SSSR count). The van der Waals surface area contributed by atoms with Crippen molar-refractivity contribution in [3.8, 4) is 5.75 Å². The fraction of sp³-hybridized carbons (Fsp3) is 0.455. The second-order valence-corrected chi connectivity index (χ2v) is 6.50. The van der Waals surface area contributed by atoms with Crippen molar-refractivity contribution < 1.29 is 18.7 Å². The van der Waals surface area contributed by atoms with E-state index in [9.17, 15) is 4.79 Å². The molecular formula is C22H32N4O4. The van der Waals surface area contributed by atoms with Gasteiger partial charge in [-0.1, -0.05) is 12.1 Å². The minimum atomic E-state index is -0.132. The second-order valence-electron chi connectivity index (χ2n) is 6.50. The largest absolute Gasteiger partial charge is 0.484 e. The van der Waals surface area contributed by atoms with Crippen molar-refractivity contribution in [2.24, 2.45) is 4.99 Å². The molecule has 0 spiro atoms. The maximum Gasteiger partial charge on any atom is 0.257 e. The molecule has 1 aromatic carbocycles. The summed E-state index contributed by atoms with van der Waals surface area (Å²) in [6.07, 6.45) is 2.50. The van der Waals surface area contributed by atoms with Crippen molar-refractivity contribution in [3.63, 3.8) is 0 Å². The average molecular weight is 417 g/mol. The molecule has 164 valence electrons. The molecule has 1 aromatic heterocycles. The summed E-state index contributed by atoms with van der Waals surface area (Å²) in [5.74, 6) is 2.10. The van der Waals surface area contributed by atoms with Crippen LogP contribution in [0.15, 0.2) is 52.1 Å². The van der Waals surface area contributed by atoms with Gasteiger partial charge in [0.05, 0.1) is 12.8 Å². The molecule has 0 fully saturated rings. The minimum absolute atomic E-state index is 0.00670. The summed E-state index contributed by atoms with van der Waals surface area (Å²) in [5.41, 5.74) is 1.00. The highest BCUT2D eigenvalue weighted by atomic mass is 16.5. The number of guanidine groups is 1. The maximum absolute atomic E-state index is 11.5. The topological polar surface area (TPSA) is 97.1 Å². The Morgan fingerprint density at radius 1 is 1.10 bits per heavy atom. The fourth-order valence-corrected chi connectivity index (χ4v) is 2.59. The summed E-state index contributed by atoms with van der Waals surface area (Å²) in [6.45, 7) is 7.65. The van der Waals surface area contributed by atoms with Crippen LogP contribution < -0.4 is 20.7 Å². The van der Waals surface area contributed by atoms with Gasteiger partial charge in [-0.2, -0.15) is 0 Å². The molecule has 0 aliphatic carbocycles. The zero-order chi connectivity index (χ0) is 21.4. The molecule has 0 saturated carbocycles. The number of rotatable bonds is 13. The van der Waals surface area contributed by atoms with E-state index in [0.29, 0.717) is 32.1 Å². The highest BCUT2D eigenvalue weighted by Crippen LogP contribution is 2.14. The van der Waals surface area contributed by atoms with Gasteiger partial charge in [0.15, 0.2) is 12.6 Å². The first-order valence-corrected chi connectivity index (χ1v) is 10.3. The lowest BCUT2D eigenvalue weighted by atomic mass is 10.2. The molecule has 0 saturated heterocycles. The smallest absolute Gasteiger partial charge is 0.257 e. The van der Waals surface area contributed by atoms with Crippen LogP contribution in [0.3, 0.4) is 0 Å². The number of amides is 1. The summed E-state index contributed by atoms with van der Waals surface area (Å²) in [6, 6.07) is 11.4. The highest BCUT2D eigenvalue weighted by molar-refractivity contribution is 5.79. The van der Waals surface area contributed by atoms with E-state index in [0.717, 1.165) is 36.8 Å². The number of nitrogens with zero attached hydrogens (tertiary/aromatic N) is 1. The van der Waals surface area contributed by atoms with Gasteiger partial charge < -0.3 is 29.8 Å². The van der Waals surface area contributed by atoms with Gasteiger partial charge in [0.2, 0.25) is 0 Å². The number of hydrogen-bond acceptors (Lipinski definition) is 5. The van der Waals surface area contributed by atoms with E-state index in [-0.39, 0.29) is 12.5 Å². The van der Waals surface area contributed by atoms with Crippen LogP contribution in [-0.2, 0) is 22.7 Å². The van der Waals surface area contributed by atoms with Gasteiger partial charge in [-0.05, 0) is 50.1 Å². The fourth-order valence-electron chi connectivity index (χ4n) is 2.59. The minimum Gasteiger partial charge on any atom is -0.484 e. The lowest BCUT2D eigenvalue weighted by Gasteiger charge is -2.12. The highest BCUT2D eigenvalue weighted by Gasteiger charge is 2.03. The number of likely N-dealkylation sites (N-methyl/N-ethyl adjacent to an activating group) is 1. The Labute approximate surface area is 178 Å². The van der Waals surface area contributed by atoms with Crippen molar-refractivity contribution in [2.75, 3.05) is 32.8 Å². The third kappa shape index (κ3) is 9.47. The van der Waals surface area contributed by atoms with Crippen molar-refractivity contribution in [3.05, 3.63) is 54.0 Å². The van der Waals surface area contributed by atoms with Crippen molar-refractivity contribution in [1.82, 2.24) is 16.0 Å².